The van der Waals surface area contributed by atoms with Crippen molar-refractivity contribution in [1.82, 2.24) is 9.97 Å². The van der Waals surface area contributed by atoms with E-state index in [0.717, 1.165) is 16.5 Å². The summed E-state index contributed by atoms with van der Waals surface area (Å²) < 4.78 is 0. The van der Waals surface area contributed by atoms with Crippen molar-refractivity contribution in [1.29, 1.82) is 5.41 Å². The van der Waals surface area contributed by atoms with Crippen LogP contribution in [0, 0.1) is 5.41 Å². The van der Waals surface area contributed by atoms with Gasteiger partial charge in [-0.3, -0.25) is 5.41 Å². The standard InChI is InChI=1S/C11H12N4S/c12-10(13)9-3-1-8(2-4-9)7-16-11-14-5-6-15-11/h1-6H,7H2,(H3,12,13)(H,14,15). The molecule has 0 radical (unpaired) electrons. The average molecular weight is 232 g/mol. The van der Waals surface area contributed by atoms with Crippen LogP contribution in [0.3, 0.4) is 0 Å². The van der Waals surface area contributed by atoms with Gasteiger partial charge in [0.25, 0.3) is 0 Å². The smallest absolute Gasteiger partial charge is 0.165 e. The molecule has 0 unspecified atom stereocenters. The van der Waals surface area contributed by atoms with Gasteiger partial charge in [0.05, 0.1) is 0 Å². The number of hydrogen-bond acceptors (Lipinski definition) is 3. The van der Waals surface area contributed by atoms with Crippen LogP contribution in [0.4, 0.5) is 0 Å². The molecule has 82 valence electrons. The number of nitrogens with two attached hydrogens (primary N) is 1. The van der Waals surface area contributed by atoms with E-state index in [1.165, 1.54) is 5.56 Å². The lowest BCUT2D eigenvalue weighted by Gasteiger charge is -2.01. The van der Waals surface area contributed by atoms with Gasteiger partial charge in [-0.15, -0.1) is 0 Å². The fraction of sp³-hybridized carbons (Fsp3) is 0.0909. The highest BCUT2D eigenvalue weighted by Gasteiger charge is 1.99. The predicted octanol–water partition coefficient (Wildman–Crippen LogP) is 1.99. The summed E-state index contributed by atoms with van der Waals surface area (Å²) in [5.74, 6) is 0.955. The molecule has 2 rings (SSSR count). The summed E-state index contributed by atoms with van der Waals surface area (Å²) in [6.45, 7) is 0. The number of imidazole rings is 1. The lowest BCUT2D eigenvalue weighted by atomic mass is 10.1. The van der Waals surface area contributed by atoms with E-state index in [2.05, 4.69) is 9.97 Å². The molecule has 0 atom stereocenters. The third kappa shape index (κ3) is 2.64. The first-order chi connectivity index (χ1) is 7.75. The summed E-state index contributed by atoms with van der Waals surface area (Å²) in [6.07, 6.45) is 3.54. The van der Waals surface area contributed by atoms with Crippen LogP contribution < -0.4 is 5.73 Å². The topological polar surface area (TPSA) is 78.6 Å². The van der Waals surface area contributed by atoms with Gasteiger partial charge in [-0.25, -0.2) is 4.98 Å². The van der Waals surface area contributed by atoms with Crippen LogP contribution in [0.1, 0.15) is 11.1 Å². The fourth-order valence-electron chi connectivity index (χ4n) is 1.26. The molecule has 0 aliphatic carbocycles. The van der Waals surface area contributed by atoms with Gasteiger partial charge in [0.2, 0.25) is 0 Å². The van der Waals surface area contributed by atoms with Gasteiger partial charge in [-0.2, -0.15) is 0 Å². The molecule has 4 N–H and O–H groups in total. The Hall–Kier alpha value is -1.75. The Bertz CT molecular complexity index is 461. The number of nitrogens with zero attached hydrogens (tertiary/aromatic N) is 1. The molecule has 16 heavy (non-hydrogen) atoms. The van der Waals surface area contributed by atoms with Gasteiger partial charge >= 0.3 is 0 Å². The molecule has 0 saturated heterocycles. The minimum atomic E-state index is 0.102. The lowest BCUT2D eigenvalue weighted by molar-refractivity contribution is 1.06. The zero-order chi connectivity index (χ0) is 11.4. The number of rotatable bonds is 4. The number of thioether (sulfide) groups is 1. The SMILES string of the molecule is N=C(N)c1ccc(CSc2ncc[nH]2)cc1. The van der Waals surface area contributed by atoms with Crippen molar-refractivity contribution in [2.75, 3.05) is 0 Å². The molecule has 0 spiro atoms. The second-order valence-electron chi connectivity index (χ2n) is 3.29. The highest BCUT2D eigenvalue weighted by Crippen LogP contribution is 2.18. The van der Waals surface area contributed by atoms with Gasteiger partial charge < -0.3 is 10.7 Å². The molecule has 4 nitrogen and oxygen atoms in total. The maximum absolute atomic E-state index is 7.28. The number of nitrogen functional groups attached to an aromatic ring is 1. The third-order valence-electron chi connectivity index (χ3n) is 2.11. The molecule has 5 heteroatoms. The molecule has 1 aromatic carbocycles. The number of aromatic nitrogens is 2. The summed E-state index contributed by atoms with van der Waals surface area (Å²) >= 11 is 1.64. The number of hydrogen-bond donors (Lipinski definition) is 3. The van der Waals surface area contributed by atoms with Crippen LogP contribution in [0.25, 0.3) is 0 Å². The van der Waals surface area contributed by atoms with E-state index >= 15 is 0 Å². The van der Waals surface area contributed by atoms with Crippen molar-refractivity contribution in [3.63, 3.8) is 0 Å². The Morgan fingerprint density at radius 3 is 2.69 bits per heavy atom. The van der Waals surface area contributed by atoms with Gasteiger partial charge in [0.15, 0.2) is 5.16 Å². The minimum Gasteiger partial charge on any atom is -0.384 e. The lowest BCUT2D eigenvalue weighted by Crippen LogP contribution is -2.10. The third-order valence-corrected chi connectivity index (χ3v) is 3.09. The van der Waals surface area contributed by atoms with Crippen LogP contribution in [0.15, 0.2) is 41.8 Å². The van der Waals surface area contributed by atoms with Gasteiger partial charge in [0, 0.05) is 23.7 Å². The van der Waals surface area contributed by atoms with E-state index in [-0.39, 0.29) is 5.84 Å². The minimum absolute atomic E-state index is 0.102. The molecule has 0 amide bonds. The molecule has 2 aromatic rings. The summed E-state index contributed by atoms with van der Waals surface area (Å²) in [5.41, 5.74) is 7.32. The van der Waals surface area contributed by atoms with Crippen molar-refractivity contribution in [3.8, 4) is 0 Å². The quantitative estimate of drug-likeness (QED) is 0.428. The van der Waals surface area contributed by atoms with Crippen molar-refractivity contribution < 1.29 is 0 Å². The molecule has 0 fully saturated rings. The number of nitrogens with one attached hydrogen (secondary N) is 2. The molecule has 0 bridgehead atoms. The second kappa shape index (κ2) is 4.85. The molecule has 1 aromatic heterocycles. The Kier molecular flexibility index (Phi) is 3.26. The highest BCUT2D eigenvalue weighted by atomic mass is 32.2. The zero-order valence-corrected chi connectivity index (χ0v) is 9.42. The molecule has 1 heterocycles. The first kappa shape index (κ1) is 10.8. The first-order valence-electron chi connectivity index (χ1n) is 4.81. The van der Waals surface area contributed by atoms with Crippen molar-refractivity contribution in [2.24, 2.45) is 5.73 Å². The van der Waals surface area contributed by atoms with E-state index in [1.54, 1.807) is 24.2 Å². The second-order valence-corrected chi connectivity index (χ2v) is 4.26. The van der Waals surface area contributed by atoms with E-state index in [9.17, 15) is 0 Å². The summed E-state index contributed by atoms with van der Waals surface area (Å²) in [6, 6.07) is 7.68. The van der Waals surface area contributed by atoms with Crippen LogP contribution in [-0.2, 0) is 5.75 Å². The maximum atomic E-state index is 7.28. The molecular formula is C11H12N4S. The zero-order valence-electron chi connectivity index (χ0n) is 8.60. The fourth-order valence-corrected chi connectivity index (χ4v) is 2.04. The highest BCUT2D eigenvalue weighted by molar-refractivity contribution is 7.98. The number of H-pyrrole nitrogens is 1. The molecule has 0 aliphatic heterocycles. The average Bonchev–Trinajstić information content (AvgIpc) is 2.80. The number of aromatic amines is 1. The summed E-state index contributed by atoms with van der Waals surface area (Å²) in [7, 11) is 0. The van der Waals surface area contributed by atoms with Crippen LogP contribution >= 0.6 is 11.8 Å². The molecule has 0 aliphatic rings. The first-order valence-corrected chi connectivity index (χ1v) is 5.80. The Morgan fingerprint density at radius 2 is 2.12 bits per heavy atom. The Balaban J connectivity index is 1.98. The van der Waals surface area contributed by atoms with Crippen LogP contribution in [-0.4, -0.2) is 15.8 Å². The number of amidine groups is 1. The van der Waals surface area contributed by atoms with Gasteiger partial charge in [0.1, 0.15) is 5.84 Å². The van der Waals surface area contributed by atoms with E-state index in [4.69, 9.17) is 11.1 Å². The number of benzene rings is 1. The predicted molar refractivity (Wildman–Crippen MR) is 65.6 cm³/mol. The van der Waals surface area contributed by atoms with Gasteiger partial charge in [-0.05, 0) is 5.56 Å². The summed E-state index contributed by atoms with van der Waals surface area (Å²) in [4.78, 5) is 7.17. The van der Waals surface area contributed by atoms with Crippen LogP contribution in [0.2, 0.25) is 0 Å². The Morgan fingerprint density at radius 1 is 1.38 bits per heavy atom. The largest absolute Gasteiger partial charge is 0.384 e. The monoisotopic (exact) mass is 232 g/mol. The van der Waals surface area contributed by atoms with Crippen molar-refractivity contribution in [3.05, 3.63) is 47.8 Å². The Labute approximate surface area is 97.8 Å². The van der Waals surface area contributed by atoms with E-state index in [0.29, 0.717) is 0 Å². The van der Waals surface area contributed by atoms with Crippen LogP contribution in [0.5, 0.6) is 0 Å². The van der Waals surface area contributed by atoms with Gasteiger partial charge in [-0.1, -0.05) is 36.0 Å². The van der Waals surface area contributed by atoms with E-state index in [1.807, 2.05) is 24.3 Å². The van der Waals surface area contributed by atoms with Crippen molar-refractivity contribution in [2.45, 2.75) is 10.9 Å². The normalized spacial score (nSPS) is 10.2. The molecule has 0 saturated carbocycles. The van der Waals surface area contributed by atoms with Crippen molar-refractivity contribution >= 4 is 17.6 Å². The summed E-state index contributed by atoms with van der Waals surface area (Å²) in [5, 5.41) is 8.19. The molecular weight excluding hydrogens is 220 g/mol. The maximum Gasteiger partial charge on any atom is 0.165 e. The van der Waals surface area contributed by atoms with E-state index < -0.39 is 0 Å².